The van der Waals surface area contributed by atoms with Crippen LogP contribution in [0.15, 0.2) is 18.5 Å². The van der Waals surface area contributed by atoms with E-state index in [0.717, 1.165) is 18.8 Å². The summed E-state index contributed by atoms with van der Waals surface area (Å²) in [4.78, 5) is 8.10. The van der Waals surface area contributed by atoms with Crippen LogP contribution in [0.25, 0.3) is 0 Å². The molecule has 1 rings (SSSR count). The largest absolute Gasteiger partial charge is 0.309 e. The van der Waals surface area contributed by atoms with E-state index in [9.17, 15) is 0 Å². The van der Waals surface area contributed by atoms with E-state index >= 15 is 0 Å². The minimum absolute atomic E-state index is 0.683. The summed E-state index contributed by atoms with van der Waals surface area (Å²) < 4.78 is 0. The van der Waals surface area contributed by atoms with Crippen LogP contribution < -0.4 is 5.32 Å². The molecule has 0 saturated carbocycles. The number of nitrogens with one attached hydrogen (secondary N) is 1. The average Bonchev–Trinajstić information content (AvgIpc) is 2.14. The van der Waals surface area contributed by atoms with Crippen molar-refractivity contribution < 1.29 is 0 Å². The SMILES string of the molecule is C#CCCNCc1ncccn1. The molecule has 0 fully saturated rings. The quantitative estimate of drug-likeness (QED) is 0.518. The maximum atomic E-state index is 5.09. The van der Waals surface area contributed by atoms with E-state index in [4.69, 9.17) is 6.42 Å². The molecule has 1 N–H and O–H groups in total. The number of hydrogen-bond donors (Lipinski definition) is 1. The maximum absolute atomic E-state index is 5.09. The van der Waals surface area contributed by atoms with Gasteiger partial charge in [-0.15, -0.1) is 12.3 Å². The molecule has 0 saturated heterocycles. The highest BCUT2D eigenvalue weighted by Gasteiger charge is 1.91. The molecule has 3 heteroatoms. The lowest BCUT2D eigenvalue weighted by Gasteiger charge is -1.99. The minimum Gasteiger partial charge on any atom is -0.309 e. The molecule has 0 unspecified atom stereocenters. The second-order valence-electron chi connectivity index (χ2n) is 2.30. The number of nitrogens with zero attached hydrogens (tertiary/aromatic N) is 2. The van der Waals surface area contributed by atoms with Crippen LogP contribution in [0.5, 0.6) is 0 Å². The van der Waals surface area contributed by atoms with Gasteiger partial charge < -0.3 is 5.32 Å². The highest BCUT2D eigenvalue weighted by Crippen LogP contribution is 1.85. The second-order valence-corrected chi connectivity index (χ2v) is 2.30. The fraction of sp³-hybridized carbons (Fsp3) is 0.333. The highest BCUT2D eigenvalue weighted by molar-refractivity contribution is 4.89. The Kier molecular flexibility index (Phi) is 3.82. The van der Waals surface area contributed by atoms with Crippen LogP contribution in [0.1, 0.15) is 12.2 Å². The van der Waals surface area contributed by atoms with Gasteiger partial charge >= 0.3 is 0 Å². The predicted octanol–water partition coefficient (Wildman–Crippen LogP) is 0.589. The van der Waals surface area contributed by atoms with Crippen molar-refractivity contribution in [3.05, 3.63) is 24.3 Å². The summed E-state index contributed by atoms with van der Waals surface area (Å²) >= 11 is 0. The first-order valence-electron chi connectivity index (χ1n) is 3.83. The molecule has 62 valence electrons. The van der Waals surface area contributed by atoms with Crippen LogP contribution in [0.2, 0.25) is 0 Å². The lowest BCUT2D eigenvalue weighted by Crippen LogP contribution is -2.15. The lowest BCUT2D eigenvalue weighted by atomic mass is 10.4. The van der Waals surface area contributed by atoms with Crippen LogP contribution in [-0.2, 0) is 6.54 Å². The highest BCUT2D eigenvalue weighted by atomic mass is 14.9. The first kappa shape index (κ1) is 8.69. The third-order valence-electron chi connectivity index (χ3n) is 1.35. The standard InChI is InChI=1S/C9H11N3/c1-2-3-5-10-8-9-11-6-4-7-12-9/h1,4,6-7,10H,3,5,8H2. The van der Waals surface area contributed by atoms with Gasteiger partial charge in [-0.25, -0.2) is 9.97 Å². The van der Waals surface area contributed by atoms with Crippen LogP contribution in [-0.4, -0.2) is 16.5 Å². The van der Waals surface area contributed by atoms with Gasteiger partial charge in [0.05, 0.1) is 6.54 Å². The van der Waals surface area contributed by atoms with E-state index < -0.39 is 0 Å². The van der Waals surface area contributed by atoms with Gasteiger partial charge in [-0.05, 0) is 6.07 Å². The van der Waals surface area contributed by atoms with E-state index in [1.807, 2.05) is 0 Å². The molecule has 0 aliphatic rings. The van der Waals surface area contributed by atoms with Crippen LogP contribution >= 0.6 is 0 Å². The van der Waals surface area contributed by atoms with Crippen molar-refractivity contribution in [1.29, 1.82) is 0 Å². The third kappa shape index (κ3) is 3.13. The molecular weight excluding hydrogens is 150 g/mol. The Hall–Kier alpha value is -1.40. The van der Waals surface area contributed by atoms with Gasteiger partial charge in [-0.1, -0.05) is 0 Å². The number of rotatable bonds is 4. The Morgan fingerprint density at radius 2 is 2.17 bits per heavy atom. The van der Waals surface area contributed by atoms with Gasteiger partial charge in [0.25, 0.3) is 0 Å². The van der Waals surface area contributed by atoms with Crippen LogP contribution in [0.4, 0.5) is 0 Å². The van der Waals surface area contributed by atoms with Gasteiger partial charge in [0.2, 0.25) is 0 Å². The molecule has 0 aliphatic carbocycles. The molecule has 1 heterocycles. The Morgan fingerprint density at radius 1 is 1.42 bits per heavy atom. The molecule has 0 atom stereocenters. The summed E-state index contributed by atoms with van der Waals surface area (Å²) in [7, 11) is 0. The van der Waals surface area contributed by atoms with E-state index in [2.05, 4.69) is 21.2 Å². The van der Waals surface area contributed by atoms with Crippen LogP contribution in [0, 0.1) is 12.3 Å². The summed E-state index contributed by atoms with van der Waals surface area (Å²) in [6.45, 7) is 1.50. The van der Waals surface area contributed by atoms with Crippen molar-refractivity contribution in [2.24, 2.45) is 0 Å². The van der Waals surface area contributed by atoms with Gasteiger partial charge in [-0.3, -0.25) is 0 Å². The molecule has 12 heavy (non-hydrogen) atoms. The second kappa shape index (κ2) is 5.28. The Balaban J connectivity index is 2.21. The average molecular weight is 161 g/mol. The normalized spacial score (nSPS) is 9.25. The number of aromatic nitrogens is 2. The van der Waals surface area contributed by atoms with Crippen molar-refractivity contribution in [1.82, 2.24) is 15.3 Å². The van der Waals surface area contributed by atoms with Gasteiger partial charge in [-0.2, -0.15) is 0 Å². The zero-order valence-electron chi connectivity index (χ0n) is 6.83. The number of terminal acetylenes is 1. The zero-order valence-corrected chi connectivity index (χ0v) is 6.83. The van der Waals surface area contributed by atoms with Gasteiger partial charge in [0, 0.05) is 25.4 Å². The molecule has 0 spiro atoms. The molecule has 0 amide bonds. The molecule has 0 bridgehead atoms. The molecule has 1 aromatic rings. The molecule has 1 aromatic heterocycles. The van der Waals surface area contributed by atoms with Crippen molar-refractivity contribution in [2.75, 3.05) is 6.54 Å². The molecule has 0 aliphatic heterocycles. The summed E-state index contributed by atoms with van der Waals surface area (Å²) in [5.74, 6) is 3.35. The Labute approximate surface area is 72.2 Å². The summed E-state index contributed by atoms with van der Waals surface area (Å²) in [6.07, 6.45) is 9.28. The Bertz CT molecular complexity index is 250. The van der Waals surface area contributed by atoms with E-state index in [-0.39, 0.29) is 0 Å². The molecular formula is C9H11N3. The molecule has 0 aromatic carbocycles. The van der Waals surface area contributed by atoms with Crippen molar-refractivity contribution in [2.45, 2.75) is 13.0 Å². The van der Waals surface area contributed by atoms with E-state index in [1.54, 1.807) is 18.5 Å². The fourth-order valence-electron chi connectivity index (χ4n) is 0.782. The topological polar surface area (TPSA) is 37.8 Å². The lowest BCUT2D eigenvalue weighted by molar-refractivity contribution is 0.670. The first-order chi connectivity index (χ1) is 5.93. The maximum Gasteiger partial charge on any atom is 0.141 e. The molecule has 0 radical (unpaired) electrons. The van der Waals surface area contributed by atoms with E-state index in [0.29, 0.717) is 6.54 Å². The summed E-state index contributed by atoms with van der Waals surface area (Å²) in [6, 6.07) is 1.80. The predicted molar refractivity (Wildman–Crippen MR) is 47.2 cm³/mol. The summed E-state index contributed by atoms with van der Waals surface area (Å²) in [5.41, 5.74) is 0. The Morgan fingerprint density at radius 3 is 2.83 bits per heavy atom. The smallest absolute Gasteiger partial charge is 0.141 e. The van der Waals surface area contributed by atoms with E-state index in [1.165, 1.54) is 0 Å². The molecule has 3 nitrogen and oxygen atoms in total. The monoisotopic (exact) mass is 161 g/mol. The minimum atomic E-state index is 0.683. The fourth-order valence-corrected chi connectivity index (χ4v) is 0.782. The van der Waals surface area contributed by atoms with Crippen molar-refractivity contribution in [3.63, 3.8) is 0 Å². The third-order valence-corrected chi connectivity index (χ3v) is 1.35. The van der Waals surface area contributed by atoms with Gasteiger partial charge in [0.1, 0.15) is 5.82 Å². The van der Waals surface area contributed by atoms with Crippen LogP contribution in [0.3, 0.4) is 0 Å². The van der Waals surface area contributed by atoms with Crippen molar-refractivity contribution >= 4 is 0 Å². The van der Waals surface area contributed by atoms with Gasteiger partial charge in [0.15, 0.2) is 0 Å². The summed E-state index contributed by atoms with van der Waals surface area (Å²) in [5, 5.41) is 3.14. The first-order valence-corrected chi connectivity index (χ1v) is 3.83. The number of hydrogen-bond acceptors (Lipinski definition) is 3. The van der Waals surface area contributed by atoms with Crippen molar-refractivity contribution in [3.8, 4) is 12.3 Å². The zero-order chi connectivity index (χ0) is 8.65.